The highest BCUT2D eigenvalue weighted by Gasteiger charge is 2.74. The highest BCUT2D eigenvalue weighted by Crippen LogP contribution is 2.68. The Morgan fingerprint density at radius 2 is 2.06 bits per heavy atom. The minimum atomic E-state index is -0.276. The van der Waals surface area contributed by atoms with Gasteiger partial charge < -0.3 is 4.74 Å². The number of hydrogen-bond acceptors (Lipinski definition) is 2. The summed E-state index contributed by atoms with van der Waals surface area (Å²) in [6, 6.07) is 10.0. The lowest BCUT2D eigenvalue weighted by Gasteiger charge is -2.36. The molecule has 1 aliphatic heterocycles. The largest absolute Gasteiger partial charge is 0.353 e. The van der Waals surface area contributed by atoms with Crippen LogP contribution in [0.1, 0.15) is 38.3 Å². The van der Waals surface area contributed by atoms with Crippen molar-refractivity contribution in [1.29, 1.82) is 5.26 Å². The van der Waals surface area contributed by atoms with Crippen molar-refractivity contribution < 1.29 is 4.74 Å². The number of nitriles is 1. The molecule has 3 rings (SSSR count). The third-order valence-corrected chi connectivity index (χ3v) is 4.44. The number of hydrogen-bond donors (Lipinski definition) is 0. The fourth-order valence-electron chi connectivity index (χ4n) is 3.52. The Bertz CT molecular complexity index is 581. The van der Waals surface area contributed by atoms with Gasteiger partial charge in [0.1, 0.15) is 11.2 Å². The molecule has 0 saturated carbocycles. The second-order valence-electron chi connectivity index (χ2n) is 6.07. The average Bonchev–Trinajstić information content (AvgIpc) is 2.98. The van der Waals surface area contributed by atoms with Gasteiger partial charge in [0.25, 0.3) is 0 Å². The molecule has 1 aromatic carbocycles. The van der Waals surface area contributed by atoms with Crippen LogP contribution in [0.15, 0.2) is 36.4 Å². The van der Waals surface area contributed by atoms with Crippen molar-refractivity contribution >= 4 is 0 Å². The van der Waals surface area contributed by atoms with Crippen LogP contribution in [0.2, 0.25) is 0 Å². The molecule has 18 heavy (non-hydrogen) atoms. The summed E-state index contributed by atoms with van der Waals surface area (Å²) in [6.45, 7) is 6.60. The number of ether oxygens (including phenoxy) is 1. The van der Waals surface area contributed by atoms with Crippen LogP contribution >= 0.6 is 0 Å². The van der Waals surface area contributed by atoms with Crippen LogP contribution in [-0.2, 0) is 10.3 Å². The molecule has 0 aromatic heterocycles. The van der Waals surface area contributed by atoms with E-state index in [1.54, 1.807) is 0 Å². The number of allylic oxidation sites excluding steroid dienone is 1. The fourth-order valence-corrected chi connectivity index (χ4v) is 3.52. The maximum absolute atomic E-state index is 9.05. The van der Waals surface area contributed by atoms with Gasteiger partial charge in [0.05, 0.1) is 11.6 Å². The first-order chi connectivity index (χ1) is 8.45. The summed E-state index contributed by atoms with van der Waals surface area (Å²) in [7, 11) is 0. The minimum absolute atomic E-state index is 0.0462. The molecule has 1 aromatic rings. The summed E-state index contributed by atoms with van der Waals surface area (Å²) in [5.74, 6) is 0. The zero-order valence-corrected chi connectivity index (χ0v) is 11.0. The standard InChI is InChI=1S/C16H17NO/c1-14(2)8-5-9-15(3)16(14,18-15)13-7-4-6-12(10-13)11-17/h4-7,9-10H,8H2,1-3H3. The molecular weight excluding hydrogens is 222 g/mol. The van der Waals surface area contributed by atoms with E-state index in [0.717, 1.165) is 12.0 Å². The maximum Gasteiger partial charge on any atom is 0.132 e. The van der Waals surface area contributed by atoms with Gasteiger partial charge in [-0.1, -0.05) is 38.1 Å². The van der Waals surface area contributed by atoms with Crippen molar-refractivity contribution in [2.75, 3.05) is 0 Å². The Kier molecular flexibility index (Phi) is 2.07. The molecule has 1 heterocycles. The van der Waals surface area contributed by atoms with E-state index in [0.29, 0.717) is 5.56 Å². The number of fused-ring (bicyclic) bond motifs is 1. The van der Waals surface area contributed by atoms with Gasteiger partial charge in [-0.25, -0.2) is 0 Å². The molecule has 1 fully saturated rings. The predicted molar refractivity (Wildman–Crippen MR) is 69.9 cm³/mol. The number of nitrogens with zero attached hydrogens (tertiary/aromatic N) is 1. The van der Waals surface area contributed by atoms with Crippen molar-refractivity contribution in [3.63, 3.8) is 0 Å². The van der Waals surface area contributed by atoms with Gasteiger partial charge in [-0.3, -0.25) is 0 Å². The molecule has 2 heteroatoms. The molecule has 1 aliphatic carbocycles. The summed E-state index contributed by atoms with van der Waals surface area (Å²) in [4.78, 5) is 0. The van der Waals surface area contributed by atoms with Gasteiger partial charge >= 0.3 is 0 Å². The molecule has 0 amide bonds. The van der Waals surface area contributed by atoms with Crippen molar-refractivity contribution in [3.05, 3.63) is 47.5 Å². The lowest BCUT2D eigenvalue weighted by atomic mass is 9.64. The van der Waals surface area contributed by atoms with Gasteiger partial charge in [-0.2, -0.15) is 5.26 Å². The molecule has 2 atom stereocenters. The first-order valence-corrected chi connectivity index (χ1v) is 6.34. The van der Waals surface area contributed by atoms with Crippen molar-refractivity contribution in [1.82, 2.24) is 0 Å². The monoisotopic (exact) mass is 239 g/mol. The van der Waals surface area contributed by atoms with E-state index in [4.69, 9.17) is 10.00 Å². The molecule has 2 aliphatic rings. The smallest absolute Gasteiger partial charge is 0.132 e. The third kappa shape index (κ3) is 1.20. The first-order valence-electron chi connectivity index (χ1n) is 6.34. The van der Waals surface area contributed by atoms with Gasteiger partial charge in [-0.15, -0.1) is 0 Å². The molecule has 92 valence electrons. The van der Waals surface area contributed by atoms with Crippen molar-refractivity contribution in [3.8, 4) is 6.07 Å². The Labute approximate surface area is 108 Å². The fraction of sp³-hybridized carbons (Fsp3) is 0.438. The summed E-state index contributed by atoms with van der Waals surface area (Å²) in [5.41, 5.74) is 1.37. The lowest BCUT2D eigenvalue weighted by molar-refractivity contribution is 0.139. The highest BCUT2D eigenvalue weighted by molar-refractivity contribution is 5.46. The SMILES string of the molecule is CC1(C)CC=CC2(C)OC12c1cccc(C#N)c1. The van der Waals surface area contributed by atoms with Crippen LogP contribution in [-0.4, -0.2) is 5.60 Å². The first kappa shape index (κ1) is 11.5. The van der Waals surface area contributed by atoms with Crippen LogP contribution < -0.4 is 0 Å². The van der Waals surface area contributed by atoms with Gasteiger partial charge in [0, 0.05) is 5.41 Å². The summed E-state index contributed by atoms with van der Waals surface area (Å²) < 4.78 is 6.16. The van der Waals surface area contributed by atoms with Crippen LogP contribution in [0.5, 0.6) is 0 Å². The van der Waals surface area contributed by atoms with Crippen molar-refractivity contribution in [2.24, 2.45) is 5.41 Å². The van der Waals surface area contributed by atoms with E-state index < -0.39 is 0 Å². The second-order valence-corrected chi connectivity index (χ2v) is 6.07. The normalized spacial score (nSPS) is 35.7. The lowest BCUT2D eigenvalue weighted by Crippen LogP contribution is -2.38. The molecule has 0 bridgehead atoms. The summed E-state index contributed by atoms with van der Waals surface area (Å²) in [6.07, 6.45) is 5.37. The Hall–Kier alpha value is -1.59. The number of benzene rings is 1. The van der Waals surface area contributed by atoms with E-state index in [9.17, 15) is 0 Å². The minimum Gasteiger partial charge on any atom is -0.353 e. The van der Waals surface area contributed by atoms with Crippen LogP contribution in [0.3, 0.4) is 0 Å². The molecule has 1 saturated heterocycles. The zero-order chi connectivity index (χ0) is 13.0. The van der Waals surface area contributed by atoms with E-state index >= 15 is 0 Å². The number of epoxide rings is 1. The molecule has 2 unspecified atom stereocenters. The number of rotatable bonds is 1. The highest BCUT2D eigenvalue weighted by atomic mass is 16.6. The summed E-state index contributed by atoms with van der Waals surface area (Å²) in [5, 5.41) is 9.05. The van der Waals surface area contributed by atoms with Crippen LogP contribution in [0.4, 0.5) is 0 Å². The van der Waals surface area contributed by atoms with Gasteiger partial charge in [0.2, 0.25) is 0 Å². The Morgan fingerprint density at radius 1 is 1.28 bits per heavy atom. The predicted octanol–water partition coefficient (Wildman–Crippen LogP) is 3.53. The third-order valence-electron chi connectivity index (χ3n) is 4.44. The quantitative estimate of drug-likeness (QED) is 0.555. The maximum atomic E-state index is 9.05. The van der Waals surface area contributed by atoms with E-state index in [1.165, 1.54) is 0 Å². The van der Waals surface area contributed by atoms with Crippen molar-refractivity contribution in [2.45, 2.75) is 38.4 Å². The molecule has 0 radical (unpaired) electrons. The zero-order valence-electron chi connectivity index (χ0n) is 11.0. The second kappa shape index (κ2) is 3.24. The van der Waals surface area contributed by atoms with E-state index in [2.05, 4.69) is 45.1 Å². The van der Waals surface area contributed by atoms with Gasteiger partial charge in [0.15, 0.2) is 0 Å². The van der Waals surface area contributed by atoms with E-state index in [1.807, 2.05) is 18.2 Å². The summed E-state index contributed by atoms with van der Waals surface area (Å²) >= 11 is 0. The topological polar surface area (TPSA) is 36.3 Å². The van der Waals surface area contributed by atoms with Crippen LogP contribution in [0, 0.1) is 16.7 Å². The Morgan fingerprint density at radius 3 is 2.72 bits per heavy atom. The van der Waals surface area contributed by atoms with Gasteiger partial charge in [-0.05, 0) is 31.0 Å². The average molecular weight is 239 g/mol. The molecule has 2 nitrogen and oxygen atoms in total. The molecular formula is C16H17NO. The Balaban J connectivity index is 2.16. The van der Waals surface area contributed by atoms with Crippen LogP contribution in [0.25, 0.3) is 0 Å². The molecule has 0 spiro atoms. The molecule has 0 N–H and O–H groups in total. The van der Waals surface area contributed by atoms with E-state index in [-0.39, 0.29) is 16.6 Å².